The van der Waals surface area contributed by atoms with Gasteiger partial charge in [-0.05, 0) is 23.6 Å². The molecule has 3 aromatic heterocycles. The minimum atomic E-state index is 0.869. The molecule has 0 atom stereocenters. The minimum absolute atomic E-state index is 0.869. The third kappa shape index (κ3) is 1.71. The molecule has 0 saturated heterocycles. The Morgan fingerprint density at radius 2 is 2.24 bits per heavy atom. The molecule has 0 aliphatic carbocycles. The van der Waals surface area contributed by atoms with Crippen molar-refractivity contribution < 1.29 is 0 Å². The van der Waals surface area contributed by atoms with Gasteiger partial charge in [0.05, 0.1) is 4.88 Å². The number of hydrogen-bond acceptors (Lipinski definition) is 4. The molecular formula is C12H7N3S2. The molecule has 3 heterocycles. The molecule has 3 nitrogen and oxygen atoms in total. The summed E-state index contributed by atoms with van der Waals surface area (Å²) in [6.07, 6.45) is 1.93. The predicted octanol–water partition coefficient (Wildman–Crippen LogP) is 3.64. The SMILES string of the molecule is N#CSc1c(-c2cccs2)nc2ccccn12. The molecule has 0 unspecified atom stereocenters. The van der Waals surface area contributed by atoms with Crippen molar-refractivity contribution in [3.63, 3.8) is 0 Å². The van der Waals surface area contributed by atoms with Gasteiger partial charge >= 0.3 is 0 Å². The van der Waals surface area contributed by atoms with E-state index in [1.165, 1.54) is 0 Å². The van der Waals surface area contributed by atoms with E-state index < -0.39 is 0 Å². The summed E-state index contributed by atoms with van der Waals surface area (Å²) in [4.78, 5) is 5.66. The van der Waals surface area contributed by atoms with Gasteiger partial charge in [0.2, 0.25) is 0 Å². The number of aromatic nitrogens is 2. The van der Waals surface area contributed by atoms with Crippen LogP contribution in [0.4, 0.5) is 0 Å². The average molecular weight is 257 g/mol. The number of nitriles is 1. The van der Waals surface area contributed by atoms with Crippen LogP contribution in [0.15, 0.2) is 46.9 Å². The fourth-order valence-electron chi connectivity index (χ4n) is 1.69. The second kappa shape index (κ2) is 4.24. The Balaban J connectivity index is 2.31. The first-order valence-corrected chi connectivity index (χ1v) is 6.66. The quantitative estimate of drug-likeness (QED) is 0.520. The first-order valence-electron chi connectivity index (χ1n) is 4.97. The zero-order valence-electron chi connectivity index (χ0n) is 8.70. The molecule has 5 heteroatoms. The first-order chi connectivity index (χ1) is 8.40. The maximum Gasteiger partial charge on any atom is 0.140 e. The molecule has 0 radical (unpaired) electrons. The maximum atomic E-state index is 8.89. The lowest BCUT2D eigenvalue weighted by atomic mass is 10.4. The molecule has 0 N–H and O–H groups in total. The number of thiocyanates is 1. The van der Waals surface area contributed by atoms with Gasteiger partial charge in [0.25, 0.3) is 0 Å². The molecule has 0 fully saturated rings. The largest absolute Gasteiger partial charge is 0.293 e. The Morgan fingerprint density at radius 1 is 1.29 bits per heavy atom. The third-order valence-electron chi connectivity index (χ3n) is 2.38. The molecule has 0 saturated carbocycles. The van der Waals surface area contributed by atoms with Gasteiger partial charge in [-0.1, -0.05) is 12.1 Å². The zero-order chi connectivity index (χ0) is 11.7. The van der Waals surface area contributed by atoms with Crippen LogP contribution in [0, 0.1) is 10.7 Å². The Kier molecular flexibility index (Phi) is 2.59. The summed E-state index contributed by atoms with van der Waals surface area (Å²) in [5, 5.41) is 13.9. The molecule has 17 heavy (non-hydrogen) atoms. The van der Waals surface area contributed by atoms with Gasteiger partial charge in [-0.15, -0.1) is 11.3 Å². The van der Waals surface area contributed by atoms with E-state index in [2.05, 4.69) is 10.4 Å². The number of thiophene rings is 1. The lowest BCUT2D eigenvalue weighted by molar-refractivity contribution is 1.06. The van der Waals surface area contributed by atoms with Crippen molar-refractivity contribution in [3.05, 3.63) is 41.9 Å². The highest BCUT2D eigenvalue weighted by atomic mass is 32.2. The standard InChI is InChI=1S/C12H7N3S2/c13-8-17-12-11(9-4-3-7-16-9)14-10-5-1-2-6-15(10)12/h1-7H. The highest BCUT2D eigenvalue weighted by molar-refractivity contribution is 8.03. The summed E-state index contributed by atoms with van der Waals surface area (Å²) in [5.74, 6) is 0. The zero-order valence-corrected chi connectivity index (χ0v) is 10.3. The van der Waals surface area contributed by atoms with Gasteiger partial charge in [0.1, 0.15) is 21.8 Å². The highest BCUT2D eigenvalue weighted by Gasteiger charge is 2.14. The number of fused-ring (bicyclic) bond motifs is 1. The number of hydrogen-bond donors (Lipinski definition) is 0. The van der Waals surface area contributed by atoms with Crippen molar-refractivity contribution in [2.75, 3.05) is 0 Å². The minimum Gasteiger partial charge on any atom is -0.293 e. The molecule has 0 aliphatic heterocycles. The van der Waals surface area contributed by atoms with Crippen molar-refractivity contribution in [2.45, 2.75) is 5.03 Å². The van der Waals surface area contributed by atoms with Crippen LogP contribution in [0.1, 0.15) is 0 Å². The predicted molar refractivity (Wildman–Crippen MR) is 70.0 cm³/mol. The normalized spacial score (nSPS) is 10.5. The molecule has 3 rings (SSSR count). The van der Waals surface area contributed by atoms with Gasteiger partial charge in [0, 0.05) is 18.0 Å². The molecule has 0 amide bonds. The van der Waals surface area contributed by atoms with Gasteiger partial charge < -0.3 is 0 Å². The van der Waals surface area contributed by atoms with Gasteiger partial charge in [0.15, 0.2) is 0 Å². The number of rotatable bonds is 2. The Morgan fingerprint density at radius 3 is 3.00 bits per heavy atom. The van der Waals surface area contributed by atoms with E-state index in [-0.39, 0.29) is 0 Å². The lowest BCUT2D eigenvalue weighted by Gasteiger charge is -1.96. The van der Waals surface area contributed by atoms with E-state index in [0.29, 0.717) is 0 Å². The van der Waals surface area contributed by atoms with E-state index in [9.17, 15) is 0 Å². The fraction of sp³-hybridized carbons (Fsp3) is 0. The van der Waals surface area contributed by atoms with E-state index in [4.69, 9.17) is 5.26 Å². The van der Waals surface area contributed by atoms with Crippen LogP contribution in [0.3, 0.4) is 0 Å². The highest BCUT2D eigenvalue weighted by Crippen LogP contribution is 2.33. The van der Waals surface area contributed by atoms with Crippen LogP contribution in [-0.4, -0.2) is 9.38 Å². The second-order valence-corrected chi connectivity index (χ2v) is 5.09. The van der Waals surface area contributed by atoms with E-state index in [1.54, 1.807) is 11.3 Å². The first kappa shape index (κ1) is 10.4. The smallest absolute Gasteiger partial charge is 0.140 e. The summed E-state index contributed by atoms with van der Waals surface area (Å²) in [5.41, 5.74) is 1.76. The van der Waals surface area contributed by atoms with Crippen LogP contribution in [0.5, 0.6) is 0 Å². The van der Waals surface area contributed by atoms with E-state index >= 15 is 0 Å². The van der Waals surface area contributed by atoms with E-state index in [0.717, 1.165) is 33.0 Å². The van der Waals surface area contributed by atoms with Gasteiger partial charge in [-0.2, -0.15) is 5.26 Å². The summed E-state index contributed by atoms with van der Waals surface area (Å²) < 4.78 is 1.95. The van der Waals surface area contributed by atoms with Crippen LogP contribution in [0.25, 0.3) is 16.2 Å². The van der Waals surface area contributed by atoms with Crippen molar-refractivity contribution in [2.24, 2.45) is 0 Å². The number of nitrogens with zero attached hydrogens (tertiary/aromatic N) is 3. The Labute approximate surface area is 106 Å². The number of imidazole rings is 1. The number of thioether (sulfide) groups is 1. The van der Waals surface area contributed by atoms with Gasteiger partial charge in [-0.25, -0.2) is 4.98 Å². The summed E-state index contributed by atoms with van der Waals surface area (Å²) in [6.45, 7) is 0. The number of pyridine rings is 1. The Bertz CT molecular complexity index is 692. The topological polar surface area (TPSA) is 41.1 Å². The molecule has 0 aromatic carbocycles. The molecule has 3 aromatic rings. The van der Waals surface area contributed by atoms with Crippen LogP contribution < -0.4 is 0 Å². The second-order valence-electron chi connectivity index (χ2n) is 3.37. The third-order valence-corrected chi connectivity index (χ3v) is 3.93. The maximum absolute atomic E-state index is 8.89. The molecule has 82 valence electrons. The summed E-state index contributed by atoms with van der Waals surface area (Å²) >= 11 is 2.78. The van der Waals surface area contributed by atoms with Crippen LogP contribution >= 0.6 is 23.1 Å². The molecule has 0 spiro atoms. The van der Waals surface area contributed by atoms with Crippen molar-refractivity contribution in [3.8, 4) is 16.0 Å². The molecule has 0 bridgehead atoms. The van der Waals surface area contributed by atoms with Crippen LogP contribution in [-0.2, 0) is 0 Å². The van der Waals surface area contributed by atoms with Crippen molar-refractivity contribution in [1.82, 2.24) is 9.38 Å². The lowest BCUT2D eigenvalue weighted by Crippen LogP contribution is -1.83. The molecule has 0 aliphatic rings. The summed E-state index contributed by atoms with van der Waals surface area (Å²) in [6, 6.07) is 9.84. The fourth-order valence-corrected chi connectivity index (χ4v) is 3.06. The van der Waals surface area contributed by atoms with Crippen molar-refractivity contribution >= 4 is 28.7 Å². The van der Waals surface area contributed by atoms with Crippen molar-refractivity contribution in [1.29, 1.82) is 5.26 Å². The average Bonchev–Trinajstić information content (AvgIpc) is 2.97. The van der Waals surface area contributed by atoms with Crippen LogP contribution in [0.2, 0.25) is 0 Å². The van der Waals surface area contributed by atoms with E-state index in [1.807, 2.05) is 46.3 Å². The monoisotopic (exact) mass is 257 g/mol. The molecular weight excluding hydrogens is 250 g/mol. The Hall–Kier alpha value is -1.77. The summed E-state index contributed by atoms with van der Waals surface area (Å²) in [7, 11) is 0. The van der Waals surface area contributed by atoms with Gasteiger partial charge in [-0.3, -0.25) is 4.40 Å².